The predicted octanol–water partition coefficient (Wildman–Crippen LogP) is 4.56. The van der Waals surface area contributed by atoms with Crippen molar-refractivity contribution < 1.29 is 19.1 Å². The van der Waals surface area contributed by atoms with Crippen molar-refractivity contribution in [1.29, 1.82) is 0 Å². The number of benzene rings is 1. The molecule has 0 aliphatic heterocycles. The monoisotopic (exact) mass is 381 g/mol. The van der Waals surface area contributed by atoms with Gasteiger partial charge in [-0.05, 0) is 51.8 Å². The highest BCUT2D eigenvalue weighted by Crippen LogP contribution is 2.23. The Balaban J connectivity index is 3.01. The summed E-state index contributed by atoms with van der Waals surface area (Å²) in [5.74, 6) is -0.750. The Labute approximate surface area is 160 Å². The van der Waals surface area contributed by atoms with Gasteiger partial charge < -0.3 is 14.8 Å². The summed E-state index contributed by atoms with van der Waals surface area (Å²) < 4.78 is 10.4. The van der Waals surface area contributed by atoms with Gasteiger partial charge in [0.15, 0.2) is 0 Å². The largest absolute Gasteiger partial charge is 0.466 e. The Morgan fingerprint density at radius 3 is 2.50 bits per heavy atom. The normalized spacial score (nSPS) is 13.1. The van der Waals surface area contributed by atoms with Gasteiger partial charge in [0.1, 0.15) is 5.60 Å². The molecule has 1 unspecified atom stereocenters. The highest BCUT2D eigenvalue weighted by atomic mass is 35.5. The number of hydrogen-bond acceptors (Lipinski definition) is 5. The van der Waals surface area contributed by atoms with E-state index in [0.29, 0.717) is 23.7 Å². The average Bonchev–Trinajstić information content (AvgIpc) is 2.51. The molecule has 0 aliphatic rings. The van der Waals surface area contributed by atoms with Crippen LogP contribution in [0.5, 0.6) is 0 Å². The fourth-order valence-corrected chi connectivity index (χ4v) is 2.50. The summed E-state index contributed by atoms with van der Waals surface area (Å²) in [7, 11) is 0. The summed E-state index contributed by atoms with van der Waals surface area (Å²) in [6.45, 7) is 9.44. The Morgan fingerprint density at radius 1 is 1.27 bits per heavy atom. The Kier molecular flexibility index (Phi) is 8.66. The van der Waals surface area contributed by atoms with Gasteiger partial charge in [-0.15, -0.1) is 0 Å². The molecule has 144 valence electrons. The van der Waals surface area contributed by atoms with Crippen LogP contribution in [0.3, 0.4) is 0 Å². The first-order valence-corrected chi connectivity index (χ1v) is 9.13. The Morgan fingerprint density at radius 2 is 1.96 bits per heavy atom. The molecule has 0 aromatic heterocycles. The molecule has 1 atom stereocenters. The molecular weight excluding hydrogens is 354 g/mol. The zero-order chi connectivity index (χ0) is 19.7. The number of carbonyl (C=O) groups is 2. The molecule has 0 bridgehead atoms. The van der Waals surface area contributed by atoms with E-state index in [1.165, 1.54) is 6.08 Å². The van der Waals surface area contributed by atoms with E-state index >= 15 is 0 Å². The molecule has 0 heterocycles. The van der Waals surface area contributed by atoms with Crippen LogP contribution in [0.1, 0.15) is 59.1 Å². The molecule has 0 radical (unpaired) electrons. The molecule has 0 aliphatic carbocycles. The molecule has 1 N–H and O–H groups in total. The Bertz CT molecular complexity index is 649. The molecule has 1 aromatic carbocycles. The van der Waals surface area contributed by atoms with E-state index in [4.69, 9.17) is 21.1 Å². The lowest BCUT2D eigenvalue weighted by Crippen LogP contribution is -2.27. The van der Waals surface area contributed by atoms with Gasteiger partial charge in [-0.25, -0.2) is 4.79 Å². The van der Waals surface area contributed by atoms with E-state index in [1.54, 1.807) is 19.1 Å². The van der Waals surface area contributed by atoms with Crippen LogP contribution in [0.4, 0.5) is 0 Å². The highest BCUT2D eigenvalue weighted by Gasteiger charge is 2.19. The van der Waals surface area contributed by atoms with E-state index in [9.17, 15) is 9.59 Å². The van der Waals surface area contributed by atoms with E-state index < -0.39 is 11.6 Å². The second-order valence-corrected chi connectivity index (χ2v) is 7.25. The summed E-state index contributed by atoms with van der Waals surface area (Å²) >= 11 is 6.08. The van der Waals surface area contributed by atoms with Gasteiger partial charge in [0.05, 0.1) is 19.1 Å². The topological polar surface area (TPSA) is 64.6 Å². The van der Waals surface area contributed by atoms with Gasteiger partial charge in [-0.3, -0.25) is 4.79 Å². The van der Waals surface area contributed by atoms with Crippen LogP contribution in [0.2, 0.25) is 5.02 Å². The minimum Gasteiger partial charge on any atom is -0.466 e. The molecule has 0 fully saturated rings. The van der Waals surface area contributed by atoms with Gasteiger partial charge >= 0.3 is 11.9 Å². The first kappa shape index (κ1) is 22.0. The third-order valence-electron chi connectivity index (χ3n) is 3.37. The molecule has 5 nitrogen and oxygen atoms in total. The number of rotatable bonds is 8. The molecule has 1 aromatic rings. The van der Waals surface area contributed by atoms with Crippen LogP contribution in [0.15, 0.2) is 36.0 Å². The van der Waals surface area contributed by atoms with Crippen LogP contribution in [-0.2, 0) is 19.1 Å². The second kappa shape index (κ2) is 10.2. The summed E-state index contributed by atoms with van der Waals surface area (Å²) in [4.78, 5) is 24.1. The predicted molar refractivity (Wildman–Crippen MR) is 103 cm³/mol. The van der Waals surface area contributed by atoms with E-state index in [-0.39, 0.29) is 18.4 Å². The summed E-state index contributed by atoms with van der Waals surface area (Å²) in [5, 5.41) is 3.83. The summed E-state index contributed by atoms with van der Waals surface area (Å²) in [5.41, 5.74) is 0.951. The Hall–Kier alpha value is -2.01. The minimum atomic E-state index is -0.566. The zero-order valence-corrected chi connectivity index (χ0v) is 16.9. The quantitative estimate of drug-likeness (QED) is 0.528. The van der Waals surface area contributed by atoms with Crippen LogP contribution in [0.25, 0.3) is 0 Å². The number of hydrogen-bond donors (Lipinski definition) is 1. The molecular formula is C20H28ClNO4. The maximum Gasteiger partial charge on any atom is 0.333 e. The first-order chi connectivity index (χ1) is 12.1. The molecule has 0 saturated heterocycles. The van der Waals surface area contributed by atoms with Crippen LogP contribution < -0.4 is 5.32 Å². The van der Waals surface area contributed by atoms with Crippen molar-refractivity contribution in [2.45, 2.75) is 59.1 Å². The van der Waals surface area contributed by atoms with Gasteiger partial charge in [-0.1, -0.05) is 30.7 Å². The number of halogens is 1. The molecule has 0 spiro atoms. The summed E-state index contributed by atoms with van der Waals surface area (Å²) in [6, 6.07) is 6.90. The van der Waals surface area contributed by atoms with Crippen molar-refractivity contribution in [1.82, 2.24) is 5.32 Å². The third kappa shape index (κ3) is 8.39. The standard InChI is InChI=1S/C20H28ClNO4/c1-6-16(12-19(24)26-20(3,4)5)22-17(13-18(23)25-7-2)14-9-8-10-15(21)11-14/h8-12,17,22H,6-7,13H2,1-5H3/b16-12+. The second-order valence-electron chi connectivity index (χ2n) is 6.82. The van der Waals surface area contributed by atoms with E-state index in [1.807, 2.05) is 39.8 Å². The number of nitrogens with one attached hydrogen (secondary N) is 1. The third-order valence-corrected chi connectivity index (χ3v) is 3.60. The number of carbonyl (C=O) groups excluding carboxylic acids is 2. The van der Waals surface area contributed by atoms with Gasteiger partial charge in [0.25, 0.3) is 0 Å². The smallest absolute Gasteiger partial charge is 0.333 e. The van der Waals surface area contributed by atoms with Crippen molar-refractivity contribution >= 4 is 23.5 Å². The fraction of sp³-hybridized carbons (Fsp3) is 0.500. The maximum absolute atomic E-state index is 12.1. The lowest BCUT2D eigenvalue weighted by atomic mass is 10.0. The molecule has 26 heavy (non-hydrogen) atoms. The lowest BCUT2D eigenvalue weighted by Gasteiger charge is -2.22. The SMILES string of the molecule is CCOC(=O)CC(N/C(=C/C(=O)OC(C)(C)C)CC)c1cccc(Cl)c1. The van der Waals surface area contributed by atoms with Crippen molar-refractivity contribution in [3.8, 4) is 0 Å². The fourth-order valence-electron chi connectivity index (χ4n) is 2.31. The van der Waals surface area contributed by atoms with Gasteiger partial charge in [0, 0.05) is 16.8 Å². The van der Waals surface area contributed by atoms with Gasteiger partial charge in [-0.2, -0.15) is 0 Å². The molecule has 6 heteroatoms. The van der Waals surface area contributed by atoms with E-state index in [0.717, 1.165) is 5.56 Å². The van der Waals surface area contributed by atoms with Crippen molar-refractivity contribution in [3.63, 3.8) is 0 Å². The lowest BCUT2D eigenvalue weighted by molar-refractivity contribution is -0.148. The first-order valence-electron chi connectivity index (χ1n) is 8.75. The minimum absolute atomic E-state index is 0.125. The number of allylic oxidation sites excluding steroid dienone is 1. The number of esters is 2. The average molecular weight is 382 g/mol. The van der Waals surface area contributed by atoms with E-state index in [2.05, 4.69) is 5.32 Å². The highest BCUT2D eigenvalue weighted by molar-refractivity contribution is 6.30. The van der Waals surface area contributed by atoms with Crippen LogP contribution >= 0.6 is 11.6 Å². The van der Waals surface area contributed by atoms with Crippen molar-refractivity contribution in [2.24, 2.45) is 0 Å². The zero-order valence-electron chi connectivity index (χ0n) is 16.1. The van der Waals surface area contributed by atoms with Crippen LogP contribution in [-0.4, -0.2) is 24.1 Å². The van der Waals surface area contributed by atoms with Gasteiger partial charge in [0.2, 0.25) is 0 Å². The molecule has 0 amide bonds. The number of ether oxygens (including phenoxy) is 2. The summed E-state index contributed by atoms with van der Waals surface area (Å²) in [6.07, 6.45) is 2.13. The van der Waals surface area contributed by atoms with Crippen LogP contribution in [0, 0.1) is 0 Å². The van der Waals surface area contributed by atoms with Crippen molar-refractivity contribution in [2.75, 3.05) is 6.61 Å². The van der Waals surface area contributed by atoms with Crippen molar-refractivity contribution in [3.05, 3.63) is 46.6 Å². The molecule has 1 rings (SSSR count). The molecule has 0 saturated carbocycles. The maximum atomic E-state index is 12.1.